The number of carbonyl (C=O) groups is 1. The van der Waals surface area contributed by atoms with Crippen molar-refractivity contribution >= 4 is 5.97 Å². The Morgan fingerprint density at radius 3 is 2.44 bits per heavy atom. The van der Waals surface area contributed by atoms with Crippen molar-refractivity contribution in [3.8, 4) is 17.2 Å². The molecular formula is C12H16O4. The molecule has 0 heterocycles. The number of esters is 1. The van der Waals surface area contributed by atoms with E-state index in [0.29, 0.717) is 23.7 Å². The maximum atomic E-state index is 11.4. The highest BCUT2D eigenvalue weighted by Crippen LogP contribution is 2.36. The first-order valence-corrected chi connectivity index (χ1v) is 5.14. The lowest BCUT2D eigenvalue weighted by Gasteiger charge is -2.11. The van der Waals surface area contributed by atoms with Crippen molar-refractivity contribution in [1.82, 2.24) is 0 Å². The van der Waals surface area contributed by atoms with Crippen molar-refractivity contribution < 1.29 is 19.0 Å². The molecule has 1 rings (SSSR count). The summed E-state index contributed by atoms with van der Waals surface area (Å²) >= 11 is 0. The Bertz CT molecular complexity index is 360. The number of para-hydroxylation sites is 1. The molecule has 0 radical (unpaired) electrons. The van der Waals surface area contributed by atoms with Gasteiger partial charge in [-0.05, 0) is 18.6 Å². The van der Waals surface area contributed by atoms with Crippen molar-refractivity contribution in [1.29, 1.82) is 0 Å². The minimum absolute atomic E-state index is 0.269. The molecule has 0 aromatic heterocycles. The molecule has 88 valence electrons. The molecule has 0 amide bonds. The molecule has 0 N–H and O–H groups in total. The molecule has 0 aliphatic heterocycles. The zero-order chi connectivity index (χ0) is 12.0. The summed E-state index contributed by atoms with van der Waals surface area (Å²) < 4.78 is 15.4. The third-order valence-corrected chi connectivity index (χ3v) is 2.04. The Kier molecular flexibility index (Phi) is 4.64. The van der Waals surface area contributed by atoms with Gasteiger partial charge in [0, 0.05) is 6.42 Å². The first-order chi connectivity index (χ1) is 7.72. The fourth-order valence-electron chi connectivity index (χ4n) is 1.32. The standard InChI is InChI=1S/C12H16O4/c1-4-6-11(13)16-10-8-5-7-9(14-2)12(10)15-3/h5,7-8H,4,6H2,1-3H3. The minimum Gasteiger partial charge on any atom is -0.493 e. The highest BCUT2D eigenvalue weighted by molar-refractivity contribution is 5.73. The number of ether oxygens (including phenoxy) is 3. The number of rotatable bonds is 5. The van der Waals surface area contributed by atoms with E-state index in [-0.39, 0.29) is 5.97 Å². The second kappa shape index (κ2) is 6.00. The summed E-state index contributed by atoms with van der Waals surface area (Å²) in [6, 6.07) is 5.17. The Labute approximate surface area is 95.1 Å². The molecule has 4 heteroatoms. The van der Waals surface area contributed by atoms with Crippen LogP contribution in [0.15, 0.2) is 18.2 Å². The van der Waals surface area contributed by atoms with Gasteiger partial charge < -0.3 is 14.2 Å². The maximum absolute atomic E-state index is 11.4. The van der Waals surface area contributed by atoms with E-state index < -0.39 is 0 Å². The summed E-state index contributed by atoms with van der Waals surface area (Å²) in [5.74, 6) is 1.10. The molecular weight excluding hydrogens is 208 g/mol. The van der Waals surface area contributed by atoms with Crippen LogP contribution in [0.25, 0.3) is 0 Å². The van der Waals surface area contributed by atoms with Gasteiger partial charge in [-0.25, -0.2) is 0 Å². The van der Waals surface area contributed by atoms with Crippen LogP contribution >= 0.6 is 0 Å². The first-order valence-electron chi connectivity index (χ1n) is 5.14. The predicted molar refractivity (Wildman–Crippen MR) is 60.1 cm³/mol. The van der Waals surface area contributed by atoms with Gasteiger partial charge in [0.1, 0.15) is 0 Å². The van der Waals surface area contributed by atoms with Gasteiger partial charge >= 0.3 is 5.97 Å². The van der Waals surface area contributed by atoms with Crippen LogP contribution in [-0.2, 0) is 4.79 Å². The van der Waals surface area contributed by atoms with Crippen LogP contribution in [0.4, 0.5) is 0 Å². The third-order valence-electron chi connectivity index (χ3n) is 2.04. The molecule has 0 spiro atoms. The lowest BCUT2D eigenvalue weighted by Crippen LogP contribution is -2.08. The van der Waals surface area contributed by atoms with Crippen molar-refractivity contribution in [3.05, 3.63) is 18.2 Å². The molecule has 0 bridgehead atoms. The maximum Gasteiger partial charge on any atom is 0.311 e. The van der Waals surface area contributed by atoms with Gasteiger partial charge in [-0.1, -0.05) is 13.0 Å². The van der Waals surface area contributed by atoms with Gasteiger partial charge in [-0.15, -0.1) is 0 Å². The topological polar surface area (TPSA) is 44.8 Å². The van der Waals surface area contributed by atoms with Gasteiger partial charge in [0.25, 0.3) is 0 Å². The molecule has 0 aliphatic rings. The van der Waals surface area contributed by atoms with Gasteiger partial charge in [-0.3, -0.25) is 4.79 Å². The van der Waals surface area contributed by atoms with Crippen molar-refractivity contribution in [2.24, 2.45) is 0 Å². The van der Waals surface area contributed by atoms with Crippen molar-refractivity contribution in [3.63, 3.8) is 0 Å². The molecule has 0 saturated heterocycles. The average molecular weight is 224 g/mol. The first kappa shape index (κ1) is 12.4. The predicted octanol–water partition coefficient (Wildman–Crippen LogP) is 2.41. The van der Waals surface area contributed by atoms with Gasteiger partial charge in [-0.2, -0.15) is 0 Å². The zero-order valence-corrected chi connectivity index (χ0v) is 9.78. The van der Waals surface area contributed by atoms with Crippen LogP contribution in [0.1, 0.15) is 19.8 Å². The summed E-state index contributed by atoms with van der Waals surface area (Å²) in [6.45, 7) is 1.92. The second-order valence-electron chi connectivity index (χ2n) is 3.22. The molecule has 0 saturated carbocycles. The highest BCUT2D eigenvalue weighted by Gasteiger charge is 2.13. The van der Waals surface area contributed by atoms with E-state index >= 15 is 0 Å². The number of benzene rings is 1. The summed E-state index contributed by atoms with van der Waals surface area (Å²) in [4.78, 5) is 11.4. The summed E-state index contributed by atoms with van der Waals surface area (Å²) in [5, 5.41) is 0. The van der Waals surface area contributed by atoms with Crippen LogP contribution in [0.5, 0.6) is 17.2 Å². The minimum atomic E-state index is -0.269. The molecule has 0 unspecified atom stereocenters. The monoisotopic (exact) mass is 224 g/mol. The number of carbonyl (C=O) groups excluding carboxylic acids is 1. The van der Waals surface area contributed by atoms with Crippen LogP contribution in [0.3, 0.4) is 0 Å². The number of hydrogen-bond donors (Lipinski definition) is 0. The van der Waals surface area contributed by atoms with Crippen molar-refractivity contribution in [2.45, 2.75) is 19.8 Å². The van der Waals surface area contributed by atoms with E-state index in [1.807, 2.05) is 6.92 Å². The fraction of sp³-hybridized carbons (Fsp3) is 0.417. The third kappa shape index (κ3) is 2.89. The Hall–Kier alpha value is -1.71. The summed E-state index contributed by atoms with van der Waals surface area (Å²) in [5.41, 5.74) is 0. The molecule has 16 heavy (non-hydrogen) atoms. The van der Waals surface area contributed by atoms with Crippen LogP contribution in [-0.4, -0.2) is 20.2 Å². The quantitative estimate of drug-likeness (QED) is 0.569. The Balaban J connectivity index is 2.90. The Morgan fingerprint density at radius 1 is 1.19 bits per heavy atom. The molecule has 0 fully saturated rings. The van der Waals surface area contributed by atoms with E-state index in [0.717, 1.165) is 6.42 Å². The van der Waals surface area contributed by atoms with E-state index in [1.54, 1.807) is 18.2 Å². The summed E-state index contributed by atoms with van der Waals surface area (Å²) in [7, 11) is 3.05. The van der Waals surface area contributed by atoms with E-state index in [2.05, 4.69) is 0 Å². The normalized spacial score (nSPS) is 9.69. The van der Waals surface area contributed by atoms with Gasteiger partial charge in [0.2, 0.25) is 5.75 Å². The zero-order valence-electron chi connectivity index (χ0n) is 9.78. The van der Waals surface area contributed by atoms with Crippen LogP contribution in [0, 0.1) is 0 Å². The molecule has 0 atom stereocenters. The summed E-state index contributed by atoms with van der Waals surface area (Å²) in [6.07, 6.45) is 1.14. The van der Waals surface area contributed by atoms with Crippen molar-refractivity contribution in [2.75, 3.05) is 14.2 Å². The largest absolute Gasteiger partial charge is 0.493 e. The van der Waals surface area contributed by atoms with Gasteiger partial charge in [0.05, 0.1) is 14.2 Å². The van der Waals surface area contributed by atoms with E-state index in [1.165, 1.54) is 14.2 Å². The number of hydrogen-bond acceptors (Lipinski definition) is 4. The second-order valence-corrected chi connectivity index (χ2v) is 3.22. The van der Waals surface area contributed by atoms with Crippen LogP contribution < -0.4 is 14.2 Å². The highest BCUT2D eigenvalue weighted by atomic mass is 16.6. The fourth-order valence-corrected chi connectivity index (χ4v) is 1.32. The van der Waals surface area contributed by atoms with E-state index in [4.69, 9.17) is 14.2 Å². The molecule has 0 aliphatic carbocycles. The molecule has 4 nitrogen and oxygen atoms in total. The number of methoxy groups -OCH3 is 2. The van der Waals surface area contributed by atoms with E-state index in [9.17, 15) is 4.79 Å². The molecule has 1 aromatic carbocycles. The lowest BCUT2D eigenvalue weighted by atomic mass is 10.3. The van der Waals surface area contributed by atoms with Gasteiger partial charge in [0.15, 0.2) is 11.5 Å². The van der Waals surface area contributed by atoms with Crippen LogP contribution in [0.2, 0.25) is 0 Å². The average Bonchev–Trinajstić information content (AvgIpc) is 2.29. The lowest BCUT2D eigenvalue weighted by molar-refractivity contribution is -0.134. The Morgan fingerprint density at radius 2 is 1.88 bits per heavy atom. The smallest absolute Gasteiger partial charge is 0.311 e. The molecule has 1 aromatic rings. The SMILES string of the molecule is CCCC(=O)Oc1cccc(OC)c1OC.